The van der Waals surface area contributed by atoms with Gasteiger partial charge in [-0.15, -0.1) is 0 Å². The maximum atomic E-state index is 12.9. The molecule has 0 aliphatic carbocycles. The highest BCUT2D eigenvalue weighted by atomic mass is 32.1. The molecule has 5 nitrogen and oxygen atoms in total. The maximum absolute atomic E-state index is 12.9. The second kappa shape index (κ2) is 6.86. The zero-order valence-corrected chi connectivity index (χ0v) is 14.6. The SMILES string of the molecule is COc1ccccc1C=C1C(=O)NC(=S)N(c2ccc(C)cc2)C1=O. The summed E-state index contributed by atoms with van der Waals surface area (Å²) in [5.74, 6) is -0.418. The van der Waals surface area contributed by atoms with Crippen molar-refractivity contribution in [2.24, 2.45) is 0 Å². The lowest BCUT2D eigenvalue weighted by Gasteiger charge is -2.29. The lowest BCUT2D eigenvalue weighted by Crippen LogP contribution is -2.54. The van der Waals surface area contributed by atoms with Crippen molar-refractivity contribution >= 4 is 40.9 Å². The Morgan fingerprint density at radius 2 is 1.76 bits per heavy atom. The minimum atomic E-state index is -0.524. The third-order valence-electron chi connectivity index (χ3n) is 3.83. The summed E-state index contributed by atoms with van der Waals surface area (Å²) in [6.45, 7) is 1.95. The number of benzene rings is 2. The van der Waals surface area contributed by atoms with Crippen LogP contribution in [0.5, 0.6) is 5.75 Å². The first kappa shape index (κ1) is 16.9. The molecular weight excluding hydrogens is 336 g/mol. The normalized spacial score (nSPS) is 16.2. The van der Waals surface area contributed by atoms with Crippen LogP contribution >= 0.6 is 12.2 Å². The zero-order chi connectivity index (χ0) is 18.0. The second-order valence-corrected chi connectivity index (χ2v) is 5.92. The maximum Gasteiger partial charge on any atom is 0.270 e. The van der Waals surface area contributed by atoms with Crippen molar-refractivity contribution in [3.8, 4) is 5.75 Å². The number of amides is 2. The van der Waals surface area contributed by atoms with E-state index < -0.39 is 11.8 Å². The molecule has 1 heterocycles. The highest BCUT2D eigenvalue weighted by Crippen LogP contribution is 2.25. The number of nitrogens with one attached hydrogen (secondary N) is 1. The number of carbonyl (C=O) groups excluding carboxylic acids is 2. The molecule has 0 aromatic heterocycles. The molecule has 0 atom stereocenters. The van der Waals surface area contributed by atoms with Gasteiger partial charge in [0.2, 0.25) is 0 Å². The van der Waals surface area contributed by atoms with E-state index in [4.69, 9.17) is 17.0 Å². The van der Waals surface area contributed by atoms with Crippen LogP contribution < -0.4 is 15.0 Å². The van der Waals surface area contributed by atoms with Gasteiger partial charge in [0.05, 0.1) is 12.8 Å². The summed E-state index contributed by atoms with van der Waals surface area (Å²) < 4.78 is 5.28. The van der Waals surface area contributed by atoms with Crippen LogP contribution in [0.15, 0.2) is 54.1 Å². The van der Waals surface area contributed by atoms with Crippen LogP contribution in [-0.2, 0) is 9.59 Å². The average Bonchev–Trinajstić information content (AvgIpc) is 2.60. The van der Waals surface area contributed by atoms with Crippen LogP contribution in [0.1, 0.15) is 11.1 Å². The molecule has 25 heavy (non-hydrogen) atoms. The van der Waals surface area contributed by atoms with Gasteiger partial charge in [0, 0.05) is 5.56 Å². The van der Waals surface area contributed by atoms with Crippen molar-refractivity contribution in [3.05, 3.63) is 65.2 Å². The smallest absolute Gasteiger partial charge is 0.270 e. The molecule has 1 saturated heterocycles. The third-order valence-corrected chi connectivity index (χ3v) is 4.12. The van der Waals surface area contributed by atoms with Crippen molar-refractivity contribution in [1.82, 2.24) is 5.32 Å². The molecule has 0 radical (unpaired) electrons. The fourth-order valence-electron chi connectivity index (χ4n) is 2.53. The van der Waals surface area contributed by atoms with Crippen LogP contribution in [0.25, 0.3) is 6.08 Å². The monoisotopic (exact) mass is 352 g/mol. The summed E-state index contributed by atoms with van der Waals surface area (Å²) in [5, 5.41) is 2.63. The zero-order valence-electron chi connectivity index (χ0n) is 13.8. The summed E-state index contributed by atoms with van der Waals surface area (Å²) >= 11 is 5.18. The first-order chi connectivity index (χ1) is 12.0. The number of nitrogens with zero attached hydrogens (tertiary/aromatic N) is 1. The topological polar surface area (TPSA) is 58.6 Å². The predicted molar refractivity (Wildman–Crippen MR) is 100 cm³/mol. The summed E-state index contributed by atoms with van der Waals surface area (Å²) in [6.07, 6.45) is 1.51. The van der Waals surface area contributed by atoms with Gasteiger partial charge in [0.25, 0.3) is 11.8 Å². The number of ether oxygens (including phenoxy) is 1. The van der Waals surface area contributed by atoms with Gasteiger partial charge in [-0.1, -0.05) is 35.9 Å². The van der Waals surface area contributed by atoms with Crippen molar-refractivity contribution in [1.29, 1.82) is 0 Å². The minimum Gasteiger partial charge on any atom is -0.496 e. The van der Waals surface area contributed by atoms with E-state index in [2.05, 4.69) is 5.32 Å². The molecule has 3 rings (SSSR count). The molecule has 1 fully saturated rings. The molecule has 1 aliphatic rings. The highest BCUT2D eigenvalue weighted by molar-refractivity contribution is 7.80. The van der Waals surface area contributed by atoms with E-state index in [-0.39, 0.29) is 10.7 Å². The molecule has 1 aliphatic heterocycles. The number of aryl methyl sites for hydroxylation is 1. The van der Waals surface area contributed by atoms with E-state index in [9.17, 15) is 9.59 Å². The van der Waals surface area contributed by atoms with E-state index in [0.717, 1.165) is 5.56 Å². The van der Waals surface area contributed by atoms with E-state index in [1.54, 1.807) is 24.3 Å². The van der Waals surface area contributed by atoms with Crippen LogP contribution in [0.3, 0.4) is 0 Å². The lowest BCUT2D eigenvalue weighted by atomic mass is 10.1. The average molecular weight is 352 g/mol. The quantitative estimate of drug-likeness (QED) is 0.524. The Balaban J connectivity index is 2.03. The van der Waals surface area contributed by atoms with Gasteiger partial charge in [-0.3, -0.25) is 19.8 Å². The first-order valence-electron chi connectivity index (χ1n) is 7.62. The van der Waals surface area contributed by atoms with Gasteiger partial charge in [0.15, 0.2) is 5.11 Å². The summed E-state index contributed by atoms with van der Waals surface area (Å²) in [4.78, 5) is 26.5. The molecule has 126 valence electrons. The lowest BCUT2D eigenvalue weighted by molar-refractivity contribution is -0.122. The van der Waals surface area contributed by atoms with Crippen LogP contribution in [-0.4, -0.2) is 24.0 Å². The molecule has 1 N–H and O–H groups in total. The Bertz CT molecular complexity index is 888. The Hall–Kier alpha value is -2.99. The van der Waals surface area contributed by atoms with Gasteiger partial charge in [0.1, 0.15) is 11.3 Å². The van der Waals surface area contributed by atoms with Crippen LogP contribution in [0.4, 0.5) is 5.69 Å². The molecule has 2 aromatic rings. The Labute approximate surface area is 150 Å². The Morgan fingerprint density at radius 1 is 1.08 bits per heavy atom. The summed E-state index contributed by atoms with van der Waals surface area (Å²) in [7, 11) is 1.54. The third kappa shape index (κ3) is 3.29. The van der Waals surface area contributed by atoms with Crippen molar-refractivity contribution < 1.29 is 14.3 Å². The van der Waals surface area contributed by atoms with E-state index >= 15 is 0 Å². The highest BCUT2D eigenvalue weighted by Gasteiger charge is 2.34. The number of anilines is 1. The number of hydrogen-bond acceptors (Lipinski definition) is 4. The van der Waals surface area contributed by atoms with Crippen LogP contribution in [0, 0.1) is 6.92 Å². The molecule has 0 bridgehead atoms. The van der Waals surface area contributed by atoms with E-state index in [1.807, 2.05) is 31.2 Å². The Morgan fingerprint density at radius 3 is 2.44 bits per heavy atom. The van der Waals surface area contributed by atoms with Gasteiger partial charge in [-0.05, 0) is 43.4 Å². The molecular formula is C19H16N2O3S. The molecule has 6 heteroatoms. The Kier molecular flexibility index (Phi) is 4.63. The van der Waals surface area contributed by atoms with Gasteiger partial charge in [-0.2, -0.15) is 0 Å². The minimum absolute atomic E-state index is 0.00123. The summed E-state index contributed by atoms with van der Waals surface area (Å²) in [6, 6.07) is 14.5. The van der Waals surface area contributed by atoms with Crippen LogP contribution in [0.2, 0.25) is 0 Å². The first-order valence-corrected chi connectivity index (χ1v) is 8.03. The number of thiocarbonyl (C=S) groups is 1. The second-order valence-electron chi connectivity index (χ2n) is 5.54. The van der Waals surface area contributed by atoms with E-state index in [1.165, 1.54) is 18.1 Å². The molecule has 0 unspecified atom stereocenters. The number of rotatable bonds is 3. The summed E-state index contributed by atoms with van der Waals surface area (Å²) in [5.41, 5.74) is 2.30. The number of carbonyl (C=O) groups is 2. The molecule has 2 aromatic carbocycles. The number of methoxy groups -OCH3 is 1. The molecule has 0 saturated carbocycles. The van der Waals surface area contributed by atoms with Gasteiger partial charge < -0.3 is 4.74 Å². The van der Waals surface area contributed by atoms with Crippen molar-refractivity contribution in [2.75, 3.05) is 12.0 Å². The van der Waals surface area contributed by atoms with Gasteiger partial charge >= 0.3 is 0 Å². The predicted octanol–water partition coefficient (Wildman–Crippen LogP) is 2.83. The number of para-hydroxylation sites is 1. The van der Waals surface area contributed by atoms with Crippen molar-refractivity contribution in [3.63, 3.8) is 0 Å². The van der Waals surface area contributed by atoms with E-state index in [0.29, 0.717) is 17.0 Å². The van der Waals surface area contributed by atoms with Gasteiger partial charge in [-0.25, -0.2) is 0 Å². The fourth-order valence-corrected chi connectivity index (χ4v) is 2.81. The number of hydrogen-bond donors (Lipinski definition) is 1. The largest absolute Gasteiger partial charge is 0.496 e. The molecule has 2 amide bonds. The molecule has 0 spiro atoms. The standard InChI is InChI=1S/C19H16N2O3S/c1-12-7-9-14(10-8-12)21-18(23)15(17(22)20-19(21)25)11-13-5-3-4-6-16(13)24-2/h3-11H,1-2H3,(H,20,22,25). The van der Waals surface area contributed by atoms with Crippen molar-refractivity contribution in [2.45, 2.75) is 6.92 Å². The fraction of sp³-hybridized carbons (Fsp3) is 0.105.